The zero-order valence-electron chi connectivity index (χ0n) is 14.3. The molecule has 0 spiro atoms. The molecule has 0 aliphatic rings. The topological polar surface area (TPSA) is 63.6 Å². The van der Waals surface area contributed by atoms with Crippen molar-refractivity contribution in [2.45, 2.75) is 32.6 Å². The number of hydrogen-bond acceptors (Lipinski definition) is 4. The number of rotatable bonds is 7. The minimum Gasteiger partial charge on any atom is -0.491 e. The highest BCUT2D eigenvalue weighted by atomic mass is 32.2. The van der Waals surface area contributed by atoms with Crippen LogP contribution in [-0.2, 0) is 15.6 Å². The quantitative estimate of drug-likeness (QED) is 0.835. The number of hydrogen-bond donors (Lipinski definition) is 1. The lowest BCUT2D eigenvalue weighted by Crippen LogP contribution is -2.28. The molecule has 0 amide bonds. The van der Waals surface area contributed by atoms with Crippen LogP contribution in [0, 0.1) is 20.8 Å². The van der Waals surface area contributed by atoms with Gasteiger partial charge in [-0.25, -0.2) is 8.42 Å². The van der Waals surface area contributed by atoms with Crippen LogP contribution in [0.3, 0.4) is 0 Å². The minimum absolute atomic E-state index is 0.0442. The Morgan fingerprint density at radius 1 is 1.00 bits per heavy atom. The first-order valence-electron chi connectivity index (χ1n) is 7.89. The second-order valence-corrected chi connectivity index (χ2v) is 8.38. The maximum absolute atomic E-state index is 12.2. The van der Waals surface area contributed by atoms with E-state index >= 15 is 0 Å². The van der Waals surface area contributed by atoms with Crippen LogP contribution in [0.5, 0.6) is 5.75 Å². The summed E-state index contributed by atoms with van der Waals surface area (Å²) in [5, 5.41) is 10.0. The highest BCUT2D eigenvalue weighted by Crippen LogP contribution is 2.19. The van der Waals surface area contributed by atoms with Crippen LogP contribution >= 0.6 is 0 Å². The number of aliphatic hydroxyl groups excluding tert-OH is 1. The number of sulfone groups is 1. The van der Waals surface area contributed by atoms with Crippen molar-refractivity contribution in [3.8, 4) is 5.75 Å². The number of benzene rings is 2. The fraction of sp³-hybridized carbons (Fsp3) is 0.368. The number of ether oxygens (including phenoxy) is 1. The predicted octanol–water partition coefficient (Wildman–Crippen LogP) is 2.97. The molecule has 1 N–H and O–H groups in total. The molecule has 0 saturated heterocycles. The SMILES string of the molecule is Cc1ccc(CS(=O)(=O)CC(O)COc2cc(C)ccc2C)cc1. The van der Waals surface area contributed by atoms with E-state index in [4.69, 9.17) is 4.74 Å². The first kappa shape index (κ1) is 18.5. The van der Waals surface area contributed by atoms with Crippen LogP contribution in [0.2, 0.25) is 0 Å². The lowest BCUT2D eigenvalue weighted by atomic mass is 10.1. The maximum Gasteiger partial charge on any atom is 0.157 e. The molecule has 0 aromatic heterocycles. The number of aryl methyl sites for hydroxylation is 3. The Bertz CT molecular complexity index is 780. The van der Waals surface area contributed by atoms with Crippen LogP contribution in [-0.4, -0.2) is 32.0 Å². The Hall–Kier alpha value is -1.85. The molecule has 0 fully saturated rings. The van der Waals surface area contributed by atoms with Crippen LogP contribution in [0.4, 0.5) is 0 Å². The summed E-state index contributed by atoms with van der Waals surface area (Å²) in [6.45, 7) is 5.77. The molecular weight excluding hydrogens is 324 g/mol. The van der Waals surface area contributed by atoms with E-state index in [1.807, 2.05) is 51.1 Å². The molecule has 0 bridgehead atoms. The Morgan fingerprint density at radius 2 is 1.62 bits per heavy atom. The van der Waals surface area contributed by atoms with Gasteiger partial charge in [-0.2, -0.15) is 0 Å². The zero-order chi connectivity index (χ0) is 17.7. The third kappa shape index (κ3) is 5.65. The summed E-state index contributed by atoms with van der Waals surface area (Å²) in [4.78, 5) is 0. The molecule has 0 aliphatic carbocycles. The average molecular weight is 348 g/mol. The van der Waals surface area contributed by atoms with Gasteiger partial charge in [0.15, 0.2) is 9.84 Å². The normalized spacial score (nSPS) is 12.8. The third-order valence-corrected chi connectivity index (χ3v) is 5.39. The molecular formula is C19H24O4S. The molecule has 2 aromatic carbocycles. The van der Waals surface area contributed by atoms with E-state index in [0.717, 1.165) is 22.3 Å². The molecule has 2 aromatic rings. The van der Waals surface area contributed by atoms with Crippen LogP contribution < -0.4 is 4.74 Å². The van der Waals surface area contributed by atoms with Crippen molar-refractivity contribution in [2.75, 3.05) is 12.4 Å². The van der Waals surface area contributed by atoms with Crippen molar-refractivity contribution < 1.29 is 18.3 Å². The van der Waals surface area contributed by atoms with Gasteiger partial charge < -0.3 is 9.84 Å². The molecule has 0 aliphatic heterocycles. The van der Waals surface area contributed by atoms with Crippen molar-refractivity contribution in [3.63, 3.8) is 0 Å². The van der Waals surface area contributed by atoms with E-state index in [0.29, 0.717) is 5.75 Å². The summed E-state index contributed by atoms with van der Waals surface area (Å²) in [6, 6.07) is 13.1. The molecule has 1 unspecified atom stereocenters. The molecule has 1 atom stereocenters. The summed E-state index contributed by atoms with van der Waals surface area (Å²) in [5.74, 6) is 0.282. The molecule has 0 radical (unpaired) electrons. The van der Waals surface area contributed by atoms with E-state index in [1.165, 1.54) is 0 Å². The van der Waals surface area contributed by atoms with E-state index in [2.05, 4.69) is 0 Å². The predicted molar refractivity (Wildman–Crippen MR) is 96.1 cm³/mol. The monoisotopic (exact) mass is 348 g/mol. The highest BCUT2D eigenvalue weighted by molar-refractivity contribution is 7.90. The van der Waals surface area contributed by atoms with Gasteiger partial charge >= 0.3 is 0 Å². The summed E-state index contributed by atoms with van der Waals surface area (Å²) in [6.07, 6.45) is -1.06. The molecule has 5 heteroatoms. The molecule has 4 nitrogen and oxygen atoms in total. The van der Waals surface area contributed by atoms with E-state index < -0.39 is 15.9 Å². The van der Waals surface area contributed by atoms with Gasteiger partial charge in [0.2, 0.25) is 0 Å². The fourth-order valence-corrected chi connectivity index (χ4v) is 3.89. The minimum atomic E-state index is -3.40. The van der Waals surface area contributed by atoms with E-state index in [9.17, 15) is 13.5 Å². The Kier molecular flexibility index (Phi) is 6.02. The molecule has 130 valence electrons. The Balaban J connectivity index is 1.91. The van der Waals surface area contributed by atoms with Crippen LogP contribution in [0.1, 0.15) is 22.3 Å². The number of aliphatic hydroxyl groups is 1. The second kappa shape index (κ2) is 7.81. The first-order chi connectivity index (χ1) is 11.2. The largest absolute Gasteiger partial charge is 0.491 e. The van der Waals surface area contributed by atoms with Crippen LogP contribution in [0.15, 0.2) is 42.5 Å². The van der Waals surface area contributed by atoms with E-state index in [-0.39, 0.29) is 18.1 Å². The van der Waals surface area contributed by atoms with Gasteiger partial charge in [-0.15, -0.1) is 0 Å². The van der Waals surface area contributed by atoms with Gasteiger partial charge in [-0.05, 0) is 43.5 Å². The molecule has 0 saturated carbocycles. The summed E-state index contributed by atoms with van der Waals surface area (Å²) >= 11 is 0. The summed E-state index contributed by atoms with van der Waals surface area (Å²) in [7, 11) is -3.40. The second-order valence-electron chi connectivity index (χ2n) is 6.27. The zero-order valence-corrected chi connectivity index (χ0v) is 15.1. The van der Waals surface area contributed by atoms with Crippen LogP contribution in [0.25, 0.3) is 0 Å². The lowest BCUT2D eigenvalue weighted by Gasteiger charge is -2.14. The molecule has 24 heavy (non-hydrogen) atoms. The standard InChI is InChI=1S/C19H24O4S/c1-14-5-8-17(9-6-14)12-24(21,22)13-18(20)11-23-19-10-15(2)4-7-16(19)3/h4-10,18,20H,11-13H2,1-3H3. The van der Waals surface area contributed by atoms with Gasteiger partial charge in [-0.1, -0.05) is 42.0 Å². The van der Waals surface area contributed by atoms with Crippen molar-refractivity contribution in [2.24, 2.45) is 0 Å². The van der Waals surface area contributed by atoms with Crippen molar-refractivity contribution in [3.05, 3.63) is 64.7 Å². The molecule has 2 rings (SSSR count). The first-order valence-corrected chi connectivity index (χ1v) is 9.71. The lowest BCUT2D eigenvalue weighted by molar-refractivity contribution is 0.124. The van der Waals surface area contributed by atoms with Crippen molar-refractivity contribution in [1.82, 2.24) is 0 Å². The summed E-state index contributed by atoms with van der Waals surface area (Å²) in [5.41, 5.74) is 3.81. The smallest absolute Gasteiger partial charge is 0.157 e. The fourth-order valence-electron chi connectivity index (χ4n) is 2.39. The maximum atomic E-state index is 12.2. The molecule has 0 heterocycles. The average Bonchev–Trinajstić information content (AvgIpc) is 2.50. The van der Waals surface area contributed by atoms with E-state index in [1.54, 1.807) is 12.1 Å². The summed E-state index contributed by atoms with van der Waals surface area (Å²) < 4.78 is 30.0. The van der Waals surface area contributed by atoms with Crippen molar-refractivity contribution >= 4 is 9.84 Å². The van der Waals surface area contributed by atoms with Gasteiger partial charge in [0.25, 0.3) is 0 Å². The van der Waals surface area contributed by atoms with Gasteiger partial charge in [0.1, 0.15) is 18.5 Å². The highest BCUT2D eigenvalue weighted by Gasteiger charge is 2.19. The third-order valence-electron chi connectivity index (χ3n) is 3.73. The van der Waals surface area contributed by atoms with Crippen molar-refractivity contribution in [1.29, 1.82) is 0 Å². The van der Waals surface area contributed by atoms with Gasteiger partial charge in [0.05, 0.1) is 11.5 Å². The van der Waals surface area contributed by atoms with Gasteiger partial charge in [-0.3, -0.25) is 0 Å². The Morgan fingerprint density at radius 3 is 2.29 bits per heavy atom. The van der Waals surface area contributed by atoms with Gasteiger partial charge in [0, 0.05) is 0 Å². The Labute approximate surface area is 144 Å².